The van der Waals surface area contributed by atoms with Gasteiger partial charge in [0.25, 0.3) is 0 Å². The standard InChI is InChI=1S/C79H144O17P2/c1-5-9-13-17-21-25-29-33-36-40-44-48-52-56-60-64-77(82)90-70-75(96-79(84)66-62-58-54-50-46-42-38-35-31-27-23-19-15-11-7-3)72-94-98(87,88)92-68-73(80)67-91-97(85,86)93-71-74(69-89-76(81)63-59-55-51-47-43-39-32-28-24-20-16-12-8-4)95-78(83)65-61-57-53-49-45-41-37-34-30-26-22-18-14-10-6-2/h21,25-26,28,30,32-33,35-36,38,73-75,80H,5-20,22-24,27,29,31,34,37,39-72H2,1-4H3,(H,85,86)(H,87,88)/b25-21-,30-26-,32-28-,36-33-,38-35-/t73-,74+,75+/m0/s1. The van der Waals surface area contributed by atoms with Gasteiger partial charge in [-0.1, -0.05) is 262 Å². The van der Waals surface area contributed by atoms with Gasteiger partial charge in [-0.3, -0.25) is 37.3 Å². The molecule has 19 heteroatoms. The molecule has 0 aromatic carbocycles. The van der Waals surface area contributed by atoms with E-state index in [1.807, 2.05) is 0 Å². The Bertz CT molecular complexity index is 2100. The normalized spacial score (nSPS) is 14.2. The van der Waals surface area contributed by atoms with E-state index in [4.69, 9.17) is 37.0 Å². The van der Waals surface area contributed by atoms with Crippen LogP contribution in [0.3, 0.4) is 0 Å². The highest BCUT2D eigenvalue weighted by atomic mass is 31.2. The van der Waals surface area contributed by atoms with Crippen molar-refractivity contribution in [2.45, 2.75) is 380 Å². The molecule has 5 atom stereocenters. The molecule has 0 aliphatic heterocycles. The van der Waals surface area contributed by atoms with Gasteiger partial charge in [0, 0.05) is 25.7 Å². The largest absolute Gasteiger partial charge is 0.472 e. The van der Waals surface area contributed by atoms with Crippen molar-refractivity contribution in [1.29, 1.82) is 0 Å². The number of rotatable bonds is 75. The van der Waals surface area contributed by atoms with E-state index >= 15 is 0 Å². The lowest BCUT2D eigenvalue weighted by Gasteiger charge is -2.21. The lowest BCUT2D eigenvalue weighted by atomic mass is 10.1. The molecule has 0 aliphatic carbocycles. The zero-order valence-corrected chi connectivity index (χ0v) is 64.3. The first kappa shape index (κ1) is 94.8. The molecule has 0 rings (SSSR count). The van der Waals surface area contributed by atoms with E-state index in [1.165, 1.54) is 109 Å². The number of unbranched alkanes of at least 4 members (excludes halogenated alkanes) is 39. The molecule has 0 bridgehead atoms. The van der Waals surface area contributed by atoms with Gasteiger partial charge in [-0.25, -0.2) is 9.13 Å². The van der Waals surface area contributed by atoms with Crippen molar-refractivity contribution in [2.24, 2.45) is 0 Å². The van der Waals surface area contributed by atoms with Crippen molar-refractivity contribution in [1.82, 2.24) is 0 Å². The highest BCUT2D eigenvalue weighted by Gasteiger charge is 2.30. The zero-order chi connectivity index (χ0) is 71.8. The van der Waals surface area contributed by atoms with E-state index in [9.17, 15) is 43.2 Å². The quantitative estimate of drug-likeness (QED) is 0.0169. The number of phosphoric ester groups is 2. The Hall–Kier alpha value is -3.24. The molecule has 98 heavy (non-hydrogen) atoms. The van der Waals surface area contributed by atoms with Crippen LogP contribution in [-0.2, 0) is 65.4 Å². The van der Waals surface area contributed by atoms with Crippen LogP contribution in [0.5, 0.6) is 0 Å². The van der Waals surface area contributed by atoms with Crippen molar-refractivity contribution in [3.8, 4) is 0 Å². The number of hydrogen-bond acceptors (Lipinski definition) is 15. The Morgan fingerprint density at radius 2 is 0.500 bits per heavy atom. The van der Waals surface area contributed by atoms with Crippen LogP contribution in [0.2, 0.25) is 0 Å². The number of carbonyl (C=O) groups is 4. The SMILES string of the molecule is CCCCC/C=C\C/C=C\CCCCCCCC(=O)OC[C@H](COP(=O)(O)OC[C@@H](O)COP(=O)(O)OC[C@@H](COC(=O)CCCCCCC/C=C\CCCCCC)OC(=O)CCCCCCCCC/C=C\CCCCCC)OC(=O)CCCCCCC/C=C\CCCCCCCC. The molecule has 0 saturated carbocycles. The van der Waals surface area contributed by atoms with Crippen LogP contribution in [0, 0.1) is 0 Å². The highest BCUT2D eigenvalue weighted by Crippen LogP contribution is 2.45. The molecule has 0 fully saturated rings. The van der Waals surface area contributed by atoms with Gasteiger partial charge in [-0.15, -0.1) is 0 Å². The Morgan fingerprint density at radius 1 is 0.286 bits per heavy atom. The minimum atomic E-state index is -4.97. The van der Waals surface area contributed by atoms with E-state index in [-0.39, 0.29) is 25.7 Å². The summed E-state index contributed by atoms with van der Waals surface area (Å²) >= 11 is 0. The maximum atomic E-state index is 13.1. The minimum absolute atomic E-state index is 0.0856. The molecule has 0 spiro atoms. The van der Waals surface area contributed by atoms with Crippen LogP contribution in [0.25, 0.3) is 0 Å². The number of carbonyl (C=O) groups excluding carboxylic acids is 4. The fraction of sp³-hybridized carbons (Fsp3) is 0.823. The molecule has 0 heterocycles. The summed E-state index contributed by atoms with van der Waals surface area (Å²) in [4.78, 5) is 72.9. The second kappa shape index (κ2) is 72.1. The number of ether oxygens (including phenoxy) is 4. The molecule has 0 saturated heterocycles. The van der Waals surface area contributed by atoms with Crippen LogP contribution >= 0.6 is 15.6 Å². The third-order valence-corrected chi connectivity index (χ3v) is 18.8. The smallest absolute Gasteiger partial charge is 0.462 e. The fourth-order valence-corrected chi connectivity index (χ4v) is 12.4. The lowest BCUT2D eigenvalue weighted by molar-refractivity contribution is -0.161. The van der Waals surface area contributed by atoms with Crippen LogP contribution in [-0.4, -0.2) is 96.7 Å². The molecule has 0 aliphatic rings. The minimum Gasteiger partial charge on any atom is -0.462 e. The predicted octanol–water partition coefficient (Wildman–Crippen LogP) is 22.7. The average molecular weight is 1430 g/mol. The van der Waals surface area contributed by atoms with E-state index in [1.54, 1.807) is 0 Å². The Balaban J connectivity index is 5.35. The average Bonchev–Trinajstić information content (AvgIpc) is 1.04. The first-order chi connectivity index (χ1) is 47.7. The van der Waals surface area contributed by atoms with Crippen molar-refractivity contribution in [2.75, 3.05) is 39.6 Å². The van der Waals surface area contributed by atoms with E-state index in [0.29, 0.717) is 25.7 Å². The Morgan fingerprint density at radius 3 is 0.796 bits per heavy atom. The summed E-state index contributed by atoms with van der Waals surface area (Å²) in [5.74, 6) is -2.18. The van der Waals surface area contributed by atoms with E-state index in [0.717, 1.165) is 173 Å². The van der Waals surface area contributed by atoms with Crippen molar-refractivity contribution >= 4 is 39.5 Å². The molecule has 3 N–H and O–H groups in total. The fourth-order valence-electron chi connectivity index (χ4n) is 10.8. The lowest BCUT2D eigenvalue weighted by Crippen LogP contribution is -2.30. The highest BCUT2D eigenvalue weighted by molar-refractivity contribution is 7.47. The molecule has 0 radical (unpaired) electrons. The Labute approximate surface area is 597 Å². The summed E-state index contributed by atoms with van der Waals surface area (Å²) in [7, 11) is -9.95. The summed E-state index contributed by atoms with van der Waals surface area (Å²) < 4.78 is 68.5. The summed E-state index contributed by atoms with van der Waals surface area (Å²) in [5.41, 5.74) is 0. The molecule has 17 nitrogen and oxygen atoms in total. The van der Waals surface area contributed by atoms with E-state index < -0.39 is 97.5 Å². The predicted molar refractivity (Wildman–Crippen MR) is 400 cm³/mol. The third-order valence-electron chi connectivity index (χ3n) is 16.9. The first-order valence-electron chi connectivity index (χ1n) is 39.5. The molecule has 572 valence electrons. The van der Waals surface area contributed by atoms with Gasteiger partial charge < -0.3 is 33.8 Å². The maximum absolute atomic E-state index is 13.1. The van der Waals surface area contributed by atoms with Crippen LogP contribution < -0.4 is 0 Å². The molecule has 0 aromatic rings. The second-order valence-corrected chi connectivity index (χ2v) is 29.5. The molecule has 2 unspecified atom stereocenters. The van der Waals surface area contributed by atoms with Crippen LogP contribution in [0.15, 0.2) is 60.8 Å². The van der Waals surface area contributed by atoms with Gasteiger partial charge in [-0.05, 0) is 135 Å². The van der Waals surface area contributed by atoms with Gasteiger partial charge in [0.15, 0.2) is 12.2 Å². The summed E-state index contributed by atoms with van der Waals surface area (Å²) in [6, 6.07) is 0. The third kappa shape index (κ3) is 71.2. The topological polar surface area (TPSA) is 237 Å². The summed E-state index contributed by atoms with van der Waals surface area (Å²) in [6.07, 6.45) is 70.5. The van der Waals surface area contributed by atoms with Gasteiger partial charge >= 0.3 is 39.5 Å². The van der Waals surface area contributed by atoms with Crippen molar-refractivity contribution in [3.63, 3.8) is 0 Å². The number of aliphatic hydroxyl groups is 1. The molecule has 0 amide bonds. The molecular formula is C79H144O17P2. The van der Waals surface area contributed by atoms with Crippen LogP contribution in [0.1, 0.15) is 362 Å². The van der Waals surface area contributed by atoms with Gasteiger partial charge in [0.2, 0.25) is 0 Å². The number of allylic oxidation sites excluding steroid dienone is 10. The number of aliphatic hydroxyl groups excluding tert-OH is 1. The molecule has 0 aromatic heterocycles. The zero-order valence-electron chi connectivity index (χ0n) is 62.5. The monoisotopic (exact) mass is 1430 g/mol. The van der Waals surface area contributed by atoms with Gasteiger partial charge in [-0.2, -0.15) is 0 Å². The molecular weight excluding hydrogens is 1280 g/mol. The van der Waals surface area contributed by atoms with Crippen LogP contribution in [0.4, 0.5) is 0 Å². The van der Waals surface area contributed by atoms with Gasteiger partial charge in [0.1, 0.15) is 19.3 Å². The van der Waals surface area contributed by atoms with Gasteiger partial charge in [0.05, 0.1) is 26.4 Å². The maximum Gasteiger partial charge on any atom is 0.472 e. The Kier molecular flexibility index (Phi) is 69.7. The number of phosphoric acid groups is 2. The summed E-state index contributed by atoms with van der Waals surface area (Å²) in [5, 5.41) is 10.6. The number of hydrogen-bond donors (Lipinski definition) is 3. The summed E-state index contributed by atoms with van der Waals surface area (Å²) in [6.45, 7) is 4.84. The first-order valence-corrected chi connectivity index (χ1v) is 42.5. The van der Waals surface area contributed by atoms with Crippen molar-refractivity contribution in [3.05, 3.63) is 60.8 Å². The second-order valence-electron chi connectivity index (χ2n) is 26.6. The van der Waals surface area contributed by atoms with Crippen molar-refractivity contribution < 1.29 is 80.2 Å². The van der Waals surface area contributed by atoms with E-state index in [2.05, 4.69) is 88.5 Å². The number of esters is 4.